The minimum Gasteiger partial charge on any atom is -0.488 e. The molecule has 0 radical (unpaired) electrons. The summed E-state index contributed by atoms with van der Waals surface area (Å²) in [5.41, 5.74) is 0. The summed E-state index contributed by atoms with van der Waals surface area (Å²) in [6.07, 6.45) is 7.42. The number of nitrogens with zero attached hydrogens (tertiary/aromatic N) is 2. The predicted octanol–water partition coefficient (Wildman–Crippen LogP) is 3.12. The highest BCUT2D eigenvalue weighted by Crippen LogP contribution is 2.21. The molecule has 0 amide bonds. The highest BCUT2D eigenvalue weighted by atomic mass is 35.5. The van der Waals surface area contributed by atoms with Gasteiger partial charge in [-0.05, 0) is 30.3 Å². The van der Waals surface area contributed by atoms with Gasteiger partial charge < -0.3 is 13.9 Å². The van der Waals surface area contributed by atoms with E-state index in [0.29, 0.717) is 24.1 Å². The first-order valence-electron chi connectivity index (χ1n) is 7.58. The Morgan fingerprint density at radius 3 is 3.17 bits per heavy atom. The second kappa shape index (κ2) is 8.15. The van der Waals surface area contributed by atoms with E-state index in [-0.39, 0.29) is 6.10 Å². The summed E-state index contributed by atoms with van der Waals surface area (Å²) >= 11 is 5.98. The zero-order chi connectivity index (χ0) is 15.9. The average molecular weight is 335 g/mol. The van der Waals surface area contributed by atoms with Gasteiger partial charge in [0.1, 0.15) is 18.5 Å². The van der Waals surface area contributed by atoms with E-state index in [1.807, 2.05) is 24.3 Å². The number of halogens is 1. The fraction of sp³-hybridized carbons (Fsp3) is 0.353. The van der Waals surface area contributed by atoms with Crippen LogP contribution in [0.1, 0.15) is 5.76 Å². The SMILES string of the molecule is Clc1ncccc1OCC1CN(C/C=C\c2ccco2)CCO1. The molecule has 0 saturated carbocycles. The van der Waals surface area contributed by atoms with Crippen molar-refractivity contribution < 1.29 is 13.9 Å². The quantitative estimate of drug-likeness (QED) is 0.760. The molecule has 1 aliphatic heterocycles. The first kappa shape index (κ1) is 16.1. The van der Waals surface area contributed by atoms with Crippen LogP contribution in [0.25, 0.3) is 6.08 Å². The first-order chi connectivity index (χ1) is 11.3. The Morgan fingerprint density at radius 2 is 2.35 bits per heavy atom. The van der Waals surface area contributed by atoms with Gasteiger partial charge in [-0.3, -0.25) is 4.90 Å². The lowest BCUT2D eigenvalue weighted by atomic mass is 10.2. The van der Waals surface area contributed by atoms with Crippen LogP contribution >= 0.6 is 11.6 Å². The van der Waals surface area contributed by atoms with Crippen LogP contribution in [0.3, 0.4) is 0 Å². The van der Waals surface area contributed by atoms with Crippen molar-refractivity contribution in [2.45, 2.75) is 6.10 Å². The van der Waals surface area contributed by atoms with Crippen molar-refractivity contribution in [3.63, 3.8) is 0 Å². The van der Waals surface area contributed by atoms with Crippen LogP contribution < -0.4 is 4.74 Å². The largest absolute Gasteiger partial charge is 0.488 e. The lowest BCUT2D eigenvalue weighted by Gasteiger charge is -2.32. The summed E-state index contributed by atoms with van der Waals surface area (Å²) in [6, 6.07) is 7.42. The Kier molecular flexibility index (Phi) is 5.69. The van der Waals surface area contributed by atoms with Crippen molar-refractivity contribution >= 4 is 17.7 Å². The number of furan rings is 1. The smallest absolute Gasteiger partial charge is 0.171 e. The molecule has 0 aromatic carbocycles. The van der Waals surface area contributed by atoms with E-state index < -0.39 is 0 Å². The molecule has 5 nitrogen and oxygen atoms in total. The fourth-order valence-corrected chi connectivity index (χ4v) is 2.59. The first-order valence-corrected chi connectivity index (χ1v) is 7.96. The number of aromatic nitrogens is 1. The molecule has 1 aliphatic rings. The van der Waals surface area contributed by atoms with Crippen LogP contribution in [-0.4, -0.2) is 48.8 Å². The van der Waals surface area contributed by atoms with Crippen molar-refractivity contribution in [1.29, 1.82) is 0 Å². The predicted molar refractivity (Wildman–Crippen MR) is 88.7 cm³/mol. The van der Waals surface area contributed by atoms with Crippen molar-refractivity contribution in [2.24, 2.45) is 0 Å². The van der Waals surface area contributed by atoms with Crippen molar-refractivity contribution in [3.05, 3.63) is 53.7 Å². The molecule has 1 atom stereocenters. The second-order valence-corrected chi connectivity index (χ2v) is 5.63. The van der Waals surface area contributed by atoms with Crippen LogP contribution in [-0.2, 0) is 4.74 Å². The van der Waals surface area contributed by atoms with Gasteiger partial charge in [-0.15, -0.1) is 0 Å². The zero-order valence-electron chi connectivity index (χ0n) is 12.7. The van der Waals surface area contributed by atoms with Crippen LogP contribution in [0.15, 0.2) is 47.2 Å². The summed E-state index contributed by atoms with van der Waals surface area (Å²) in [4.78, 5) is 6.32. The maximum atomic E-state index is 5.98. The molecule has 1 saturated heterocycles. The lowest BCUT2D eigenvalue weighted by Crippen LogP contribution is -2.44. The van der Waals surface area contributed by atoms with Crippen molar-refractivity contribution in [3.8, 4) is 5.75 Å². The Labute approximate surface area is 140 Å². The number of rotatable bonds is 6. The minimum absolute atomic E-state index is 0.0250. The number of hydrogen-bond donors (Lipinski definition) is 0. The van der Waals surface area contributed by atoms with E-state index >= 15 is 0 Å². The normalized spacial score (nSPS) is 19.3. The Balaban J connectivity index is 1.45. The highest BCUT2D eigenvalue weighted by molar-refractivity contribution is 6.30. The number of ether oxygens (including phenoxy) is 2. The van der Waals surface area contributed by atoms with Crippen LogP contribution in [0.2, 0.25) is 5.15 Å². The molecule has 2 aromatic rings. The Morgan fingerprint density at radius 1 is 1.39 bits per heavy atom. The van der Waals surface area contributed by atoms with Crippen LogP contribution in [0.5, 0.6) is 5.75 Å². The summed E-state index contributed by atoms with van der Waals surface area (Å²) in [5, 5.41) is 0.376. The molecule has 6 heteroatoms. The van der Waals surface area contributed by atoms with Crippen LogP contribution in [0.4, 0.5) is 0 Å². The molecule has 1 unspecified atom stereocenters. The minimum atomic E-state index is 0.0250. The monoisotopic (exact) mass is 334 g/mol. The van der Waals surface area contributed by atoms with Gasteiger partial charge in [0.15, 0.2) is 10.9 Å². The van der Waals surface area contributed by atoms with Crippen LogP contribution in [0, 0.1) is 0 Å². The topological polar surface area (TPSA) is 47.7 Å². The molecule has 3 rings (SSSR count). The van der Waals surface area contributed by atoms with E-state index in [1.165, 1.54) is 0 Å². The standard InChI is InChI=1S/C17H19ClN2O3/c18-17-16(6-1-7-19-17)23-13-15-12-20(9-11-22-15)8-2-4-14-5-3-10-21-14/h1-7,10,15H,8-9,11-13H2/b4-2-. The third kappa shape index (κ3) is 4.82. The Bertz CT molecular complexity index is 631. The molecule has 0 spiro atoms. The molecular formula is C17H19ClN2O3. The fourth-order valence-electron chi connectivity index (χ4n) is 2.41. The van der Waals surface area contributed by atoms with Crippen molar-refractivity contribution in [1.82, 2.24) is 9.88 Å². The third-order valence-electron chi connectivity index (χ3n) is 3.56. The van der Waals surface area contributed by atoms with Gasteiger partial charge in [0, 0.05) is 25.8 Å². The number of hydrogen-bond acceptors (Lipinski definition) is 5. The van der Waals surface area contributed by atoms with Gasteiger partial charge >= 0.3 is 0 Å². The van der Waals surface area contributed by atoms with Gasteiger partial charge in [0.2, 0.25) is 0 Å². The van der Waals surface area contributed by atoms with Gasteiger partial charge in [-0.25, -0.2) is 4.98 Å². The molecular weight excluding hydrogens is 316 g/mol. The van der Waals surface area contributed by atoms with Crippen molar-refractivity contribution in [2.75, 3.05) is 32.8 Å². The summed E-state index contributed by atoms with van der Waals surface area (Å²) in [5.74, 6) is 1.46. The summed E-state index contributed by atoms with van der Waals surface area (Å²) < 4.78 is 16.7. The molecule has 0 N–H and O–H groups in total. The second-order valence-electron chi connectivity index (χ2n) is 5.27. The van der Waals surface area contributed by atoms with E-state index in [4.69, 9.17) is 25.5 Å². The van der Waals surface area contributed by atoms with E-state index in [1.54, 1.807) is 18.5 Å². The highest BCUT2D eigenvalue weighted by Gasteiger charge is 2.20. The van der Waals surface area contributed by atoms with E-state index in [9.17, 15) is 0 Å². The lowest BCUT2D eigenvalue weighted by molar-refractivity contribution is -0.0446. The maximum Gasteiger partial charge on any atom is 0.171 e. The summed E-state index contributed by atoms with van der Waals surface area (Å²) in [7, 11) is 0. The molecule has 1 fully saturated rings. The zero-order valence-corrected chi connectivity index (χ0v) is 13.5. The number of pyridine rings is 1. The summed E-state index contributed by atoms with van der Waals surface area (Å²) in [6.45, 7) is 3.74. The van der Waals surface area contributed by atoms with Gasteiger partial charge in [-0.2, -0.15) is 0 Å². The molecule has 3 heterocycles. The molecule has 0 aliphatic carbocycles. The molecule has 122 valence electrons. The van der Waals surface area contributed by atoms with Gasteiger partial charge in [0.25, 0.3) is 0 Å². The molecule has 2 aromatic heterocycles. The van der Waals surface area contributed by atoms with Gasteiger partial charge in [-0.1, -0.05) is 17.7 Å². The third-order valence-corrected chi connectivity index (χ3v) is 3.85. The molecule has 0 bridgehead atoms. The van der Waals surface area contributed by atoms with E-state index in [2.05, 4.69) is 16.0 Å². The maximum absolute atomic E-state index is 5.98. The van der Waals surface area contributed by atoms with Gasteiger partial charge in [0.05, 0.1) is 12.9 Å². The van der Waals surface area contributed by atoms with E-state index in [0.717, 1.165) is 25.4 Å². The number of morpholine rings is 1. The average Bonchev–Trinajstić information content (AvgIpc) is 3.08. The Hall–Kier alpha value is -1.82. The molecule has 23 heavy (non-hydrogen) atoms.